The van der Waals surface area contributed by atoms with Crippen molar-refractivity contribution in [2.75, 3.05) is 145 Å². The minimum Gasteiger partial charge on any atom is -0.454 e. The molecule has 5 aliphatic heterocycles. The smallest absolute Gasteiger partial charge is 0.303 e. The second kappa shape index (κ2) is 74.3. The molecule has 0 aromatic rings. The summed E-state index contributed by atoms with van der Waals surface area (Å²) in [5.41, 5.74) is 0. The Labute approximate surface area is 792 Å². The van der Waals surface area contributed by atoms with Crippen molar-refractivity contribution in [2.45, 2.75) is 490 Å². The van der Waals surface area contributed by atoms with Crippen LogP contribution in [0.25, 0.3) is 0 Å². The van der Waals surface area contributed by atoms with E-state index in [4.69, 9.17) is 128 Å². The number of aliphatic hydroxyl groups is 2. The van der Waals surface area contributed by atoms with Crippen molar-refractivity contribution in [3.8, 4) is 0 Å². The van der Waals surface area contributed by atoms with Crippen molar-refractivity contribution in [3.63, 3.8) is 0 Å². The Morgan fingerprint density at radius 2 is 0.603 bits per heavy atom. The summed E-state index contributed by atoms with van der Waals surface area (Å²) in [6.07, 6.45) is -3.74. The summed E-state index contributed by atoms with van der Waals surface area (Å²) in [4.78, 5) is 13.6. The fourth-order valence-corrected chi connectivity index (χ4v) is 16.1. The van der Waals surface area contributed by atoms with Gasteiger partial charge in [-0.3, -0.25) is 4.79 Å². The van der Waals surface area contributed by atoms with Gasteiger partial charge in [-0.1, -0.05) is 214 Å². The third kappa shape index (κ3) is 43.8. The highest BCUT2D eigenvalue weighted by Crippen LogP contribution is 2.41. The van der Waals surface area contributed by atoms with Crippen LogP contribution < -0.4 is 0 Å². The molecule has 5 aliphatic rings. The Morgan fingerprint density at radius 3 is 1.04 bits per heavy atom. The molecule has 0 amide bonds. The number of esters is 1. The first kappa shape index (κ1) is 120. The molecular weight excluding hydrogens is 1690 g/mol. The van der Waals surface area contributed by atoms with Crippen molar-refractivity contribution in [1.29, 1.82) is 0 Å². The third-order valence-electron chi connectivity index (χ3n) is 24.5. The van der Waals surface area contributed by atoms with E-state index in [9.17, 15) is 15.0 Å². The zero-order valence-electron chi connectivity index (χ0n) is 85.3. The molecule has 5 heterocycles. The summed E-state index contributed by atoms with van der Waals surface area (Å²) in [7, 11) is 0. The Balaban J connectivity index is 1.87. The van der Waals surface area contributed by atoms with E-state index in [1.807, 2.05) is 13.8 Å². The van der Waals surface area contributed by atoms with Gasteiger partial charge in [0.1, 0.15) is 110 Å². The van der Waals surface area contributed by atoms with E-state index in [-0.39, 0.29) is 58.8 Å². The lowest BCUT2D eigenvalue weighted by atomic mass is 9.91. The molecule has 0 aromatic heterocycles. The second-order valence-electron chi connectivity index (χ2n) is 36.4. The van der Waals surface area contributed by atoms with Crippen LogP contribution in [-0.2, 0) is 133 Å². The van der Waals surface area contributed by atoms with Crippen molar-refractivity contribution < 1.29 is 143 Å². The molecule has 0 aliphatic carbocycles. The molecule has 0 aromatic carbocycles. The van der Waals surface area contributed by atoms with Gasteiger partial charge in [0.15, 0.2) is 43.8 Å². The molecule has 30 heteroatoms. The molecule has 11 unspecified atom stereocenters. The van der Waals surface area contributed by atoms with Crippen LogP contribution in [0.5, 0.6) is 0 Å². The number of unbranched alkanes of at least 4 members (excludes halogenated alkanes) is 15. The van der Waals surface area contributed by atoms with Crippen LogP contribution in [-0.4, -0.2) is 327 Å². The molecule has 5 rings (SSSR count). The number of hydrogen-bond donors (Lipinski definition) is 2. The normalized spacial score (nSPS) is 30.6. The largest absolute Gasteiger partial charge is 0.454 e. The predicted molar refractivity (Wildman–Crippen MR) is 501 cm³/mol. The lowest BCUT2D eigenvalue weighted by Crippen LogP contribution is -2.68. The molecule has 0 bridgehead atoms. The van der Waals surface area contributed by atoms with Gasteiger partial charge in [0, 0.05) is 118 Å². The average molecular weight is 1890 g/mol. The molecule has 0 saturated carbocycles. The summed E-state index contributed by atoms with van der Waals surface area (Å²) in [6, 6.07) is 0. The minimum atomic E-state index is -1.64. The second-order valence-corrected chi connectivity index (χ2v) is 36.4. The zero-order chi connectivity index (χ0) is 95.2. The zero-order valence-corrected chi connectivity index (χ0v) is 85.3. The first-order chi connectivity index (χ1) is 63.9. The highest BCUT2D eigenvalue weighted by Gasteiger charge is 2.59. The highest BCUT2D eigenvalue weighted by molar-refractivity contribution is 5.66. The van der Waals surface area contributed by atoms with Crippen molar-refractivity contribution >= 4 is 5.97 Å². The average Bonchev–Trinajstić information content (AvgIpc) is 0.762. The maximum atomic E-state index is 14.1. The first-order valence-electron chi connectivity index (χ1n) is 52.6. The van der Waals surface area contributed by atoms with E-state index in [1.165, 1.54) is 6.92 Å². The van der Waals surface area contributed by atoms with Crippen LogP contribution >= 0.6 is 0 Å². The van der Waals surface area contributed by atoms with Gasteiger partial charge in [-0.05, 0) is 103 Å². The van der Waals surface area contributed by atoms with Crippen LogP contribution in [0.15, 0.2) is 0 Å². The molecule has 5 saturated heterocycles. The van der Waals surface area contributed by atoms with Crippen molar-refractivity contribution in [1.82, 2.24) is 0 Å². The predicted octanol–water partition coefficient (Wildman–Crippen LogP) is 17.0. The first-order valence-corrected chi connectivity index (χ1v) is 52.6. The van der Waals surface area contributed by atoms with Crippen LogP contribution in [0.4, 0.5) is 0 Å². The van der Waals surface area contributed by atoms with Gasteiger partial charge in [-0.15, -0.1) is 0 Å². The molecule has 5 fully saturated rings. The van der Waals surface area contributed by atoms with Crippen LogP contribution in [0, 0.1) is 11.8 Å². The van der Waals surface area contributed by atoms with Gasteiger partial charge < -0.3 is 138 Å². The van der Waals surface area contributed by atoms with Crippen LogP contribution in [0.3, 0.4) is 0 Å². The molecule has 2 N–H and O–H groups in total. The fraction of sp³-hybridized carbons (Fsp3) is 0.990. The summed E-state index contributed by atoms with van der Waals surface area (Å²) >= 11 is 0. The Hall–Kier alpha value is -1.65. The molecule has 30 nitrogen and oxygen atoms in total. The van der Waals surface area contributed by atoms with Gasteiger partial charge in [-0.2, -0.15) is 0 Å². The van der Waals surface area contributed by atoms with E-state index in [0.29, 0.717) is 98.7 Å². The molecule has 29 atom stereocenters. The molecular formula is C101H192O30. The number of hydrogen-bond acceptors (Lipinski definition) is 30. The monoisotopic (exact) mass is 1890 g/mol. The van der Waals surface area contributed by atoms with E-state index in [2.05, 4.69) is 111 Å². The number of rotatable bonds is 82. The topological polar surface area (TPSA) is 307 Å². The number of carbonyl (C=O) groups is 1. The summed E-state index contributed by atoms with van der Waals surface area (Å²) < 4.78 is 189. The Bertz CT molecular complexity index is 2650. The lowest BCUT2D eigenvalue weighted by Gasteiger charge is -2.52. The molecule has 0 spiro atoms. The van der Waals surface area contributed by atoms with Crippen LogP contribution in [0.2, 0.25) is 0 Å². The van der Waals surface area contributed by atoms with Gasteiger partial charge in [0.2, 0.25) is 0 Å². The van der Waals surface area contributed by atoms with E-state index in [0.717, 1.165) is 180 Å². The summed E-state index contributed by atoms with van der Waals surface area (Å²) in [5, 5.41) is 26.9. The third-order valence-corrected chi connectivity index (χ3v) is 24.5. The van der Waals surface area contributed by atoms with Gasteiger partial charge in [-0.25, -0.2) is 0 Å². The van der Waals surface area contributed by atoms with Crippen molar-refractivity contribution in [2.24, 2.45) is 11.8 Å². The van der Waals surface area contributed by atoms with Gasteiger partial charge in [0.05, 0.1) is 58.5 Å². The van der Waals surface area contributed by atoms with Gasteiger partial charge >= 0.3 is 5.97 Å². The highest BCUT2D eigenvalue weighted by atomic mass is 16.8. The Morgan fingerprint density at radius 1 is 0.282 bits per heavy atom. The molecule has 131 heavy (non-hydrogen) atoms. The lowest BCUT2D eigenvalue weighted by molar-refractivity contribution is -0.399. The van der Waals surface area contributed by atoms with E-state index in [1.54, 1.807) is 0 Å². The number of carbonyl (C=O) groups excluding carboxylic acids is 1. The SMILES string of the molecule is CCCCOCC1O[C@H](OCC2O[C@@H](O[C@@H]3C(COCCCC)O[C@@H](OCCCC)[C@@H](C)C3OCCCC)[C@H](OCCCC)C(O[C@@H]3OC(COCCCC)[C@H](OCCCC)C(OCCCC)[C@@H]3O[C@H](OC(COCCCC)[C@H](C)O[C@@H]3OC(COCCCC)[C@H](OCCCC)C(OCCCC)[C@@H]3OC(C)=O)[C@@H](C)COCCCC)[C@@H]2O)[C@H](O)C(OCCCC)[C@@H]1OCCCC. The fourth-order valence-electron chi connectivity index (χ4n) is 16.1. The molecule has 776 valence electrons. The quantitative estimate of drug-likeness (QED) is 0.0325. The maximum Gasteiger partial charge on any atom is 0.303 e. The van der Waals surface area contributed by atoms with E-state index < -0.39 is 184 Å². The summed E-state index contributed by atoms with van der Waals surface area (Å²) in [6.45, 7) is 45.3. The Kier molecular flexibility index (Phi) is 68.0. The number of ether oxygens (including phenoxy) is 27. The van der Waals surface area contributed by atoms with Gasteiger partial charge in [0.25, 0.3) is 0 Å². The molecule has 0 radical (unpaired) electrons. The summed E-state index contributed by atoms with van der Waals surface area (Å²) in [5.74, 6) is -1.50. The number of aliphatic hydroxyl groups excluding tert-OH is 2. The minimum absolute atomic E-state index is 0.00915. The van der Waals surface area contributed by atoms with E-state index >= 15 is 0 Å². The maximum absolute atomic E-state index is 14.1. The standard InChI is InChI=1S/C101H192O30/c1-20-35-50-105-65-72(16)96(123-76(66-106-51-36-21-2)74(18)121-100-94(122-75(19)102)91(116-61-46-31-12)86(113-58-43-28-9)79(127-100)68-108-53-38-23-4)131-95-92(117-62-47-32-13)87(114-59-44-29-10)80(69-109-54-39-24-5)128-101(95)130-90-82(103)77(71-120-98-83(104)89(115-60-45-30-11)85(112-57-42-27-8)78(126-98)67-107-52-37-22-3)124-99(93(90)118-63-48-33-14)129-88-81(70-110-55-40-25-6)125-97(119-64-49-34-15)73(17)84(88)111-56-41-26-7/h72-74,76-101,103-104H,20-71H2,1-19H3/t72-,73-,74-,76?,77?,78?,79?,80?,81?,82+,83+,84?,85+,86-,87-,88+,89?,90?,91?,92?,93+,94-,95-,96-,97+,98-,99-,100+,101-/m0/s1. The van der Waals surface area contributed by atoms with Crippen molar-refractivity contribution in [3.05, 3.63) is 0 Å². The van der Waals surface area contributed by atoms with Crippen LogP contribution in [0.1, 0.15) is 324 Å².